The van der Waals surface area contributed by atoms with Crippen molar-refractivity contribution in [1.29, 1.82) is 0 Å². The molecule has 8 heteroatoms. The Hall–Kier alpha value is -1.12. The van der Waals surface area contributed by atoms with Crippen molar-refractivity contribution >= 4 is 5.97 Å². The normalized spacial score (nSPS) is 22.6. The fourth-order valence-corrected chi connectivity index (χ4v) is 1.54. The van der Waals surface area contributed by atoms with Crippen LogP contribution in [0.15, 0.2) is 12.7 Å². The Morgan fingerprint density at radius 3 is 2.55 bits per heavy atom. The van der Waals surface area contributed by atoms with Crippen LogP contribution in [0.2, 0.25) is 0 Å². The van der Waals surface area contributed by atoms with Gasteiger partial charge >= 0.3 is 12.1 Å². The van der Waals surface area contributed by atoms with Crippen molar-refractivity contribution in [3.05, 3.63) is 12.7 Å². The second kappa shape index (κ2) is 9.73. The summed E-state index contributed by atoms with van der Waals surface area (Å²) >= 11 is 0. The van der Waals surface area contributed by atoms with Crippen LogP contribution in [0.25, 0.3) is 0 Å². The Kier molecular flexibility index (Phi) is 9.19. The van der Waals surface area contributed by atoms with Crippen LogP contribution in [0.4, 0.5) is 13.2 Å². The van der Waals surface area contributed by atoms with Gasteiger partial charge in [0.1, 0.15) is 0 Å². The molecule has 0 spiro atoms. The lowest BCUT2D eigenvalue weighted by Crippen LogP contribution is -2.46. The van der Waals surface area contributed by atoms with Gasteiger partial charge in [-0.3, -0.25) is 0 Å². The number of methoxy groups -OCH3 is 1. The number of carboxylic acid groups (broad SMARTS) is 1. The Morgan fingerprint density at radius 2 is 2.10 bits per heavy atom. The minimum Gasteiger partial charge on any atom is -0.475 e. The summed E-state index contributed by atoms with van der Waals surface area (Å²) in [5, 5.41) is 10.4. The topological polar surface area (TPSA) is 67.8 Å². The average molecular weight is 299 g/mol. The summed E-state index contributed by atoms with van der Waals surface area (Å²) in [6.07, 6.45) is -0.801. The number of piperidine rings is 1. The molecular formula is C12H20F3NO4. The van der Waals surface area contributed by atoms with Crippen LogP contribution in [-0.4, -0.2) is 56.3 Å². The Bertz CT molecular complexity index is 297. The van der Waals surface area contributed by atoms with Crippen molar-refractivity contribution in [2.75, 3.05) is 26.8 Å². The maximum atomic E-state index is 10.6. The van der Waals surface area contributed by atoms with Crippen LogP contribution < -0.4 is 5.32 Å². The van der Waals surface area contributed by atoms with Crippen LogP contribution in [0.3, 0.4) is 0 Å². The highest BCUT2D eigenvalue weighted by molar-refractivity contribution is 5.73. The standard InChI is InChI=1S/C10H19NO2.C2HF3O2/c1-3-4-7-13-10-8-11-6-5-9(10)12-2;3-2(4,5)1(6)7/h3,9-11H,1,4-8H2,2H3;(H,6,7)/t9-,10+;/m0./s1. The highest BCUT2D eigenvalue weighted by Crippen LogP contribution is 2.13. The van der Waals surface area contributed by atoms with Crippen molar-refractivity contribution in [3.8, 4) is 0 Å². The van der Waals surface area contributed by atoms with E-state index in [2.05, 4.69) is 11.9 Å². The molecule has 0 aliphatic carbocycles. The number of rotatable bonds is 5. The zero-order valence-corrected chi connectivity index (χ0v) is 11.3. The third-order valence-corrected chi connectivity index (χ3v) is 2.56. The molecule has 0 amide bonds. The number of nitrogens with one attached hydrogen (secondary N) is 1. The SMILES string of the molecule is C=CCCO[C@@H]1CNCC[C@@H]1OC.O=C(O)C(F)(F)F. The molecule has 0 unspecified atom stereocenters. The third kappa shape index (κ3) is 8.13. The van der Waals surface area contributed by atoms with Crippen LogP contribution in [0, 0.1) is 0 Å². The molecule has 0 bridgehead atoms. The molecule has 1 heterocycles. The number of carbonyl (C=O) groups is 1. The average Bonchev–Trinajstić information content (AvgIpc) is 2.39. The van der Waals surface area contributed by atoms with Gasteiger partial charge in [-0.15, -0.1) is 6.58 Å². The molecule has 1 saturated heterocycles. The first-order chi connectivity index (χ1) is 9.32. The molecule has 0 radical (unpaired) electrons. The van der Waals surface area contributed by atoms with E-state index in [9.17, 15) is 13.2 Å². The second-order valence-corrected chi connectivity index (χ2v) is 4.06. The third-order valence-electron chi connectivity index (χ3n) is 2.56. The summed E-state index contributed by atoms with van der Waals surface area (Å²) < 4.78 is 42.7. The smallest absolute Gasteiger partial charge is 0.475 e. The predicted octanol–water partition coefficient (Wildman–Crippen LogP) is 1.59. The Balaban J connectivity index is 0.000000441. The van der Waals surface area contributed by atoms with Crippen molar-refractivity contribution < 1.29 is 32.5 Å². The van der Waals surface area contributed by atoms with E-state index in [4.69, 9.17) is 19.4 Å². The number of aliphatic carboxylic acids is 1. The summed E-state index contributed by atoms with van der Waals surface area (Å²) in [6, 6.07) is 0. The lowest BCUT2D eigenvalue weighted by atomic mass is 10.1. The van der Waals surface area contributed by atoms with Crippen LogP contribution >= 0.6 is 0 Å². The molecule has 118 valence electrons. The quantitative estimate of drug-likeness (QED) is 0.596. The van der Waals surface area contributed by atoms with Crippen molar-refractivity contribution in [2.45, 2.75) is 31.2 Å². The molecule has 1 fully saturated rings. The summed E-state index contributed by atoms with van der Waals surface area (Å²) in [4.78, 5) is 8.90. The maximum Gasteiger partial charge on any atom is 0.490 e. The van der Waals surface area contributed by atoms with E-state index < -0.39 is 12.1 Å². The summed E-state index contributed by atoms with van der Waals surface area (Å²) in [6.45, 7) is 6.33. The summed E-state index contributed by atoms with van der Waals surface area (Å²) in [5.74, 6) is -2.76. The van der Waals surface area contributed by atoms with Crippen LogP contribution in [-0.2, 0) is 14.3 Å². The van der Waals surface area contributed by atoms with Gasteiger partial charge in [-0.05, 0) is 19.4 Å². The first-order valence-corrected chi connectivity index (χ1v) is 6.09. The molecule has 5 nitrogen and oxygen atoms in total. The highest BCUT2D eigenvalue weighted by atomic mass is 19.4. The molecule has 1 aliphatic heterocycles. The van der Waals surface area contributed by atoms with Crippen LogP contribution in [0.5, 0.6) is 0 Å². The van der Waals surface area contributed by atoms with Gasteiger partial charge in [-0.2, -0.15) is 13.2 Å². The van der Waals surface area contributed by atoms with E-state index in [0.717, 1.165) is 32.5 Å². The summed E-state index contributed by atoms with van der Waals surface area (Å²) in [5.41, 5.74) is 0. The lowest BCUT2D eigenvalue weighted by Gasteiger charge is -2.30. The van der Waals surface area contributed by atoms with Gasteiger partial charge in [0.15, 0.2) is 0 Å². The largest absolute Gasteiger partial charge is 0.490 e. The van der Waals surface area contributed by atoms with Crippen LogP contribution in [0.1, 0.15) is 12.8 Å². The lowest BCUT2D eigenvalue weighted by molar-refractivity contribution is -0.192. The minimum atomic E-state index is -5.08. The molecule has 2 atom stereocenters. The molecule has 1 rings (SSSR count). The first-order valence-electron chi connectivity index (χ1n) is 6.09. The van der Waals surface area contributed by atoms with Gasteiger partial charge in [0, 0.05) is 13.7 Å². The Morgan fingerprint density at radius 1 is 1.50 bits per heavy atom. The van der Waals surface area contributed by atoms with Gasteiger partial charge in [0.25, 0.3) is 0 Å². The Labute approximate surface area is 115 Å². The first kappa shape index (κ1) is 18.9. The van der Waals surface area contributed by atoms with Gasteiger partial charge < -0.3 is 19.9 Å². The molecular weight excluding hydrogens is 279 g/mol. The summed E-state index contributed by atoms with van der Waals surface area (Å²) in [7, 11) is 1.75. The number of hydrogen-bond donors (Lipinski definition) is 2. The second-order valence-electron chi connectivity index (χ2n) is 4.06. The van der Waals surface area contributed by atoms with Crippen molar-refractivity contribution in [3.63, 3.8) is 0 Å². The van der Waals surface area contributed by atoms with E-state index in [-0.39, 0.29) is 12.2 Å². The van der Waals surface area contributed by atoms with E-state index in [1.54, 1.807) is 7.11 Å². The zero-order valence-electron chi connectivity index (χ0n) is 11.3. The van der Waals surface area contributed by atoms with Gasteiger partial charge in [0.05, 0.1) is 18.8 Å². The maximum absolute atomic E-state index is 10.6. The number of ether oxygens (including phenoxy) is 2. The van der Waals surface area contributed by atoms with Crippen molar-refractivity contribution in [1.82, 2.24) is 5.32 Å². The van der Waals surface area contributed by atoms with E-state index in [1.165, 1.54) is 0 Å². The minimum absolute atomic E-state index is 0.207. The highest BCUT2D eigenvalue weighted by Gasteiger charge is 2.38. The monoisotopic (exact) mass is 299 g/mol. The molecule has 0 aromatic rings. The molecule has 0 aromatic heterocycles. The number of hydrogen-bond acceptors (Lipinski definition) is 4. The zero-order chi connectivity index (χ0) is 15.6. The van der Waals surface area contributed by atoms with Gasteiger partial charge in [-0.1, -0.05) is 6.08 Å². The number of halogens is 3. The van der Waals surface area contributed by atoms with Crippen molar-refractivity contribution in [2.24, 2.45) is 0 Å². The van der Waals surface area contributed by atoms with Gasteiger partial charge in [-0.25, -0.2) is 4.79 Å². The van der Waals surface area contributed by atoms with Gasteiger partial charge in [0.2, 0.25) is 0 Å². The molecule has 20 heavy (non-hydrogen) atoms. The molecule has 1 aliphatic rings. The molecule has 0 saturated carbocycles. The fourth-order valence-electron chi connectivity index (χ4n) is 1.54. The fraction of sp³-hybridized carbons (Fsp3) is 0.750. The number of carboxylic acids is 1. The molecule has 2 N–H and O–H groups in total. The molecule has 0 aromatic carbocycles. The van der Waals surface area contributed by atoms with E-state index in [0.29, 0.717) is 0 Å². The number of alkyl halides is 3. The van der Waals surface area contributed by atoms with E-state index in [1.807, 2.05) is 6.08 Å². The predicted molar refractivity (Wildman–Crippen MR) is 66.5 cm³/mol. The van der Waals surface area contributed by atoms with E-state index >= 15 is 0 Å².